The van der Waals surface area contributed by atoms with E-state index in [1.165, 1.54) is 0 Å². The summed E-state index contributed by atoms with van der Waals surface area (Å²) < 4.78 is 6.29. The van der Waals surface area contributed by atoms with Gasteiger partial charge in [-0.05, 0) is 24.9 Å². The van der Waals surface area contributed by atoms with Crippen LogP contribution in [0.25, 0.3) is 0 Å². The average Bonchev–Trinajstić information content (AvgIpc) is 2.27. The fourth-order valence-electron chi connectivity index (χ4n) is 2.14. The van der Waals surface area contributed by atoms with Crippen molar-refractivity contribution in [1.82, 2.24) is 0 Å². The van der Waals surface area contributed by atoms with E-state index >= 15 is 0 Å². The Balaban J connectivity index is 2.93. The molecule has 0 amide bonds. The molecule has 76 valence electrons. The van der Waals surface area contributed by atoms with Crippen LogP contribution in [-0.4, -0.2) is 13.9 Å². The molecule has 0 radical (unpaired) electrons. The van der Waals surface area contributed by atoms with Gasteiger partial charge in [-0.3, -0.25) is 0 Å². The Morgan fingerprint density at radius 1 is 1.08 bits per heavy atom. The van der Waals surface area contributed by atoms with Crippen LogP contribution in [0, 0.1) is 0 Å². The summed E-state index contributed by atoms with van der Waals surface area (Å²) in [7, 11) is -1.60. The van der Waals surface area contributed by atoms with Gasteiger partial charge in [0.1, 0.15) is 0 Å². The third-order valence-corrected chi connectivity index (χ3v) is 8.17. The van der Waals surface area contributed by atoms with Crippen molar-refractivity contribution in [1.29, 1.82) is 0 Å². The maximum absolute atomic E-state index is 6.29. The molecule has 0 atom stereocenters. The van der Waals surface area contributed by atoms with Crippen LogP contribution in [0.5, 0.6) is 0 Å². The van der Waals surface area contributed by atoms with Crippen LogP contribution in [-0.2, 0) is 4.43 Å². The number of hydrogen-bond acceptors (Lipinski definition) is 1. The minimum Gasteiger partial charge on any atom is -0.404 e. The summed E-state index contributed by atoms with van der Waals surface area (Å²) >= 11 is 0. The highest BCUT2D eigenvalue weighted by molar-refractivity contribution is 6.81. The number of hydrogen-bond donors (Lipinski definition) is 0. The molecule has 0 N–H and O–H groups in total. The maximum Gasteiger partial charge on any atom is 0.223 e. The van der Waals surface area contributed by atoms with Gasteiger partial charge >= 0.3 is 0 Å². The van der Waals surface area contributed by atoms with Gasteiger partial charge in [-0.15, -0.1) is 0 Å². The molecular weight excluding hydrogens is 176 g/mol. The predicted octanol–water partition coefficient (Wildman–Crippen LogP) is 3.66. The molecular formula is C11H22OSi. The quantitative estimate of drug-likeness (QED) is 0.615. The van der Waals surface area contributed by atoms with E-state index in [2.05, 4.69) is 53.3 Å². The van der Waals surface area contributed by atoms with Crippen molar-refractivity contribution in [3.05, 3.63) is 11.8 Å². The highest BCUT2D eigenvalue weighted by Crippen LogP contribution is 2.42. The molecule has 1 rings (SSSR count). The van der Waals surface area contributed by atoms with Crippen LogP contribution in [0.4, 0.5) is 0 Å². The van der Waals surface area contributed by atoms with Gasteiger partial charge in [-0.1, -0.05) is 39.5 Å². The van der Waals surface area contributed by atoms with E-state index in [-0.39, 0.29) is 5.60 Å². The predicted molar refractivity (Wildman–Crippen MR) is 60.3 cm³/mol. The van der Waals surface area contributed by atoms with Gasteiger partial charge in [0.15, 0.2) is 0 Å². The standard InChI is InChI=1S/C11H22OSi/c1-9(2)13(10(3)4)8-7-11(5,6)12-13/h7-10H,1-6H3. The van der Waals surface area contributed by atoms with E-state index in [1.807, 2.05) is 0 Å². The van der Waals surface area contributed by atoms with Gasteiger partial charge in [0.2, 0.25) is 8.32 Å². The highest BCUT2D eigenvalue weighted by atomic mass is 28.4. The molecule has 0 bridgehead atoms. The second kappa shape index (κ2) is 3.25. The molecule has 0 unspecified atom stereocenters. The molecule has 0 saturated heterocycles. The average molecular weight is 198 g/mol. The Bertz CT molecular complexity index is 208. The fourth-order valence-corrected chi connectivity index (χ4v) is 6.43. The normalized spacial score (nSPS) is 24.6. The van der Waals surface area contributed by atoms with Crippen LogP contribution in [0.1, 0.15) is 41.5 Å². The van der Waals surface area contributed by atoms with Gasteiger partial charge in [0.05, 0.1) is 5.60 Å². The third kappa shape index (κ3) is 1.89. The fraction of sp³-hybridized carbons (Fsp3) is 0.818. The first-order chi connectivity index (χ1) is 5.80. The summed E-state index contributed by atoms with van der Waals surface area (Å²) in [6, 6.07) is 0. The topological polar surface area (TPSA) is 9.23 Å². The van der Waals surface area contributed by atoms with Crippen LogP contribution in [0.2, 0.25) is 11.1 Å². The first-order valence-electron chi connectivity index (χ1n) is 5.21. The summed E-state index contributed by atoms with van der Waals surface area (Å²) in [4.78, 5) is 0. The van der Waals surface area contributed by atoms with Crippen molar-refractivity contribution >= 4 is 8.32 Å². The lowest BCUT2D eigenvalue weighted by molar-refractivity contribution is 0.156. The Kier molecular flexibility index (Phi) is 2.75. The van der Waals surface area contributed by atoms with Gasteiger partial charge in [0.25, 0.3) is 0 Å². The second-order valence-corrected chi connectivity index (χ2v) is 9.76. The van der Waals surface area contributed by atoms with Crippen molar-refractivity contribution in [2.75, 3.05) is 0 Å². The Morgan fingerprint density at radius 2 is 1.54 bits per heavy atom. The SMILES string of the molecule is CC(C)[Si]1(C(C)C)C=CC(C)(C)O1. The molecule has 0 fully saturated rings. The molecule has 1 heterocycles. The Labute approximate surface area is 83.3 Å². The third-order valence-electron chi connectivity index (χ3n) is 2.99. The van der Waals surface area contributed by atoms with E-state index in [1.54, 1.807) is 0 Å². The van der Waals surface area contributed by atoms with Crippen LogP contribution in [0.15, 0.2) is 11.8 Å². The van der Waals surface area contributed by atoms with Gasteiger partial charge in [0, 0.05) is 0 Å². The van der Waals surface area contributed by atoms with Crippen molar-refractivity contribution in [2.45, 2.75) is 58.2 Å². The molecule has 0 aromatic carbocycles. The lowest BCUT2D eigenvalue weighted by Crippen LogP contribution is -2.44. The lowest BCUT2D eigenvalue weighted by Gasteiger charge is -2.36. The molecule has 13 heavy (non-hydrogen) atoms. The lowest BCUT2D eigenvalue weighted by atomic mass is 10.1. The van der Waals surface area contributed by atoms with Crippen LogP contribution < -0.4 is 0 Å². The Hall–Kier alpha value is -0.0831. The zero-order chi connectivity index (χ0) is 10.3. The first-order valence-corrected chi connectivity index (χ1v) is 7.35. The molecule has 1 nitrogen and oxygen atoms in total. The zero-order valence-corrected chi connectivity index (χ0v) is 10.7. The van der Waals surface area contributed by atoms with E-state index in [0.717, 1.165) is 0 Å². The molecule has 1 aliphatic heterocycles. The van der Waals surface area contributed by atoms with Crippen molar-refractivity contribution in [3.63, 3.8) is 0 Å². The largest absolute Gasteiger partial charge is 0.404 e. The van der Waals surface area contributed by atoms with Crippen molar-refractivity contribution in [2.24, 2.45) is 0 Å². The molecule has 0 aromatic rings. The number of rotatable bonds is 2. The molecule has 0 aliphatic carbocycles. The molecule has 2 heteroatoms. The smallest absolute Gasteiger partial charge is 0.223 e. The molecule has 0 saturated carbocycles. The van der Waals surface area contributed by atoms with Gasteiger partial charge in [-0.2, -0.15) is 0 Å². The highest BCUT2D eigenvalue weighted by Gasteiger charge is 2.47. The minimum absolute atomic E-state index is 0.0270. The van der Waals surface area contributed by atoms with Gasteiger partial charge in [-0.25, -0.2) is 0 Å². The maximum atomic E-state index is 6.29. The molecule has 0 spiro atoms. The zero-order valence-electron chi connectivity index (χ0n) is 9.72. The second-order valence-electron chi connectivity index (χ2n) is 5.20. The van der Waals surface area contributed by atoms with E-state index in [4.69, 9.17) is 4.43 Å². The van der Waals surface area contributed by atoms with Crippen LogP contribution in [0.3, 0.4) is 0 Å². The van der Waals surface area contributed by atoms with E-state index < -0.39 is 8.32 Å². The van der Waals surface area contributed by atoms with Gasteiger partial charge < -0.3 is 4.43 Å². The summed E-state index contributed by atoms with van der Waals surface area (Å²) in [5.74, 6) is 0. The molecule has 1 aliphatic rings. The van der Waals surface area contributed by atoms with Crippen LogP contribution >= 0.6 is 0 Å². The first kappa shape index (κ1) is 11.0. The summed E-state index contributed by atoms with van der Waals surface area (Å²) in [5, 5.41) is 0. The summed E-state index contributed by atoms with van der Waals surface area (Å²) in [6.45, 7) is 13.5. The summed E-state index contributed by atoms with van der Waals surface area (Å²) in [5.41, 5.74) is 3.71. The molecule has 0 aromatic heterocycles. The minimum atomic E-state index is -1.60. The van der Waals surface area contributed by atoms with E-state index in [0.29, 0.717) is 11.1 Å². The monoisotopic (exact) mass is 198 g/mol. The van der Waals surface area contributed by atoms with Crippen molar-refractivity contribution < 1.29 is 4.43 Å². The van der Waals surface area contributed by atoms with E-state index in [9.17, 15) is 0 Å². The van der Waals surface area contributed by atoms with Crippen molar-refractivity contribution in [3.8, 4) is 0 Å². The summed E-state index contributed by atoms with van der Waals surface area (Å²) in [6.07, 6.45) is 2.25. The Morgan fingerprint density at radius 3 is 1.69 bits per heavy atom.